The van der Waals surface area contributed by atoms with Crippen LogP contribution in [0.3, 0.4) is 0 Å². The summed E-state index contributed by atoms with van der Waals surface area (Å²) in [5.41, 5.74) is 1.76. The van der Waals surface area contributed by atoms with E-state index in [4.69, 9.17) is 9.15 Å². The summed E-state index contributed by atoms with van der Waals surface area (Å²) in [4.78, 5) is 28.0. The average Bonchev–Trinajstić information content (AvgIpc) is 3.45. The molecule has 0 saturated carbocycles. The number of furan rings is 1. The van der Waals surface area contributed by atoms with E-state index in [2.05, 4.69) is 0 Å². The summed E-state index contributed by atoms with van der Waals surface area (Å²) >= 11 is 0. The fourth-order valence-electron chi connectivity index (χ4n) is 4.40. The molecule has 3 aromatic carbocycles. The third-order valence-corrected chi connectivity index (χ3v) is 5.95. The van der Waals surface area contributed by atoms with Crippen molar-refractivity contribution in [2.24, 2.45) is 0 Å². The first-order valence-corrected chi connectivity index (χ1v) is 10.5. The minimum absolute atomic E-state index is 0.0209. The summed E-state index contributed by atoms with van der Waals surface area (Å²) in [7, 11) is 1.56. The molecule has 1 amide bonds. The highest BCUT2D eigenvalue weighted by Crippen LogP contribution is 2.44. The van der Waals surface area contributed by atoms with E-state index in [-0.39, 0.29) is 11.3 Å². The Morgan fingerprint density at radius 3 is 2.52 bits per heavy atom. The van der Waals surface area contributed by atoms with E-state index in [1.165, 1.54) is 11.2 Å². The van der Waals surface area contributed by atoms with E-state index in [1.807, 2.05) is 43.3 Å². The number of rotatable bonds is 4. The molecule has 1 atom stereocenters. The van der Waals surface area contributed by atoms with Gasteiger partial charge in [0.2, 0.25) is 0 Å². The van der Waals surface area contributed by atoms with Crippen molar-refractivity contribution in [1.82, 2.24) is 0 Å². The average molecular weight is 439 g/mol. The molecule has 1 N–H and O–H groups in total. The predicted octanol–water partition coefficient (Wildman–Crippen LogP) is 5.38. The molecule has 6 nitrogen and oxygen atoms in total. The maximum atomic E-state index is 13.3. The second-order valence-electron chi connectivity index (χ2n) is 7.87. The van der Waals surface area contributed by atoms with E-state index in [9.17, 15) is 14.7 Å². The van der Waals surface area contributed by atoms with Gasteiger partial charge in [-0.05, 0) is 54.3 Å². The van der Waals surface area contributed by atoms with Gasteiger partial charge >= 0.3 is 0 Å². The summed E-state index contributed by atoms with van der Waals surface area (Å²) < 4.78 is 10.9. The second kappa shape index (κ2) is 7.98. The molecule has 0 spiro atoms. The molecule has 1 aromatic heterocycles. The monoisotopic (exact) mass is 439 g/mol. The molecule has 1 saturated heterocycles. The quantitative estimate of drug-likeness (QED) is 0.262. The Hall–Kier alpha value is -4.32. The zero-order valence-corrected chi connectivity index (χ0v) is 18.1. The van der Waals surface area contributed by atoms with Crippen molar-refractivity contribution < 1.29 is 23.8 Å². The van der Waals surface area contributed by atoms with Crippen LogP contribution in [0.1, 0.15) is 22.9 Å². The Bertz CT molecular complexity index is 1410. The van der Waals surface area contributed by atoms with E-state index in [0.717, 1.165) is 16.3 Å². The third-order valence-electron chi connectivity index (χ3n) is 5.95. The SMILES string of the molecule is COc1ccc(/C(O)=C2/C(=O)C(=O)N(c3cccc4ccccc34)C2c2ccco2)cc1C. The number of methoxy groups -OCH3 is 1. The molecule has 33 heavy (non-hydrogen) atoms. The lowest BCUT2D eigenvalue weighted by Crippen LogP contribution is -2.29. The fourth-order valence-corrected chi connectivity index (χ4v) is 4.40. The Balaban J connectivity index is 1.74. The summed E-state index contributed by atoms with van der Waals surface area (Å²) in [6, 6.07) is 20.8. The number of carbonyl (C=O) groups excluding carboxylic acids is 2. The fraction of sp³-hybridized carbons (Fsp3) is 0.111. The minimum atomic E-state index is -0.909. The number of nitrogens with zero attached hydrogens (tertiary/aromatic N) is 1. The van der Waals surface area contributed by atoms with Crippen LogP contribution in [0.2, 0.25) is 0 Å². The lowest BCUT2D eigenvalue weighted by Gasteiger charge is -2.24. The smallest absolute Gasteiger partial charge is 0.300 e. The van der Waals surface area contributed by atoms with Gasteiger partial charge in [0.1, 0.15) is 23.3 Å². The molecule has 2 heterocycles. The molecule has 5 rings (SSSR count). The molecule has 1 fully saturated rings. The van der Waals surface area contributed by atoms with Crippen LogP contribution in [-0.4, -0.2) is 23.9 Å². The standard InChI is InChI=1S/C27H21NO5/c1-16-15-18(12-13-21(16)32-2)25(29)23-24(22-11-6-14-33-22)28(27(31)26(23)30)20-10-5-8-17-7-3-4-9-19(17)20/h3-15,24,29H,1-2H3/b25-23-. The number of hydrogen-bond acceptors (Lipinski definition) is 5. The van der Waals surface area contributed by atoms with Crippen molar-refractivity contribution >= 4 is 33.9 Å². The molecule has 0 bridgehead atoms. The Labute approximate surface area is 190 Å². The highest BCUT2D eigenvalue weighted by Gasteiger charge is 2.48. The van der Waals surface area contributed by atoms with Crippen molar-refractivity contribution in [3.8, 4) is 5.75 Å². The second-order valence-corrected chi connectivity index (χ2v) is 7.87. The highest BCUT2D eigenvalue weighted by molar-refractivity contribution is 6.52. The number of ketones is 1. The Kier molecular flexibility index (Phi) is 4.98. The van der Waals surface area contributed by atoms with Gasteiger partial charge in [0, 0.05) is 10.9 Å². The van der Waals surface area contributed by atoms with Crippen LogP contribution in [0.4, 0.5) is 5.69 Å². The van der Waals surface area contributed by atoms with Gasteiger partial charge in [-0.1, -0.05) is 36.4 Å². The van der Waals surface area contributed by atoms with Crippen LogP contribution < -0.4 is 9.64 Å². The van der Waals surface area contributed by atoms with Gasteiger partial charge in [-0.15, -0.1) is 0 Å². The number of aryl methyl sites for hydroxylation is 1. The van der Waals surface area contributed by atoms with Gasteiger partial charge in [-0.2, -0.15) is 0 Å². The normalized spacial score (nSPS) is 17.6. The van der Waals surface area contributed by atoms with Gasteiger partial charge in [0.05, 0.1) is 24.6 Å². The lowest BCUT2D eigenvalue weighted by molar-refractivity contribution is -0.132. The zero-order chi connectivity index (χ0) is 23.1. The molecular weight excluding hydrogens is 418 g/mol. The maximum absolute atomic E-state index is 13.3. The van der Waals surface area contributed by atoms with Crippen molar-refractivity contribution in [2.45, 2.75) is 13.0 Å². The molecule has 1 aliphatic rings. The number of fused-ring (bicyclic) bond motifs is 1. The number of hydrogen-bond donors (Lipinski definition) is 1. The number of aliphatic hydroxyl groups excluding tert-OH is 1. The summed E-state index contributed by atoms with van der Waals surface area (Å²) in [6.07, 6.45) is 1.48. The first kappa shape index (κ1) is 20.6. The van der Waals surface area contributed by atoms with Gasteiger partial charge < -0.3 is 14.3 Å². The number of benzene rings is 3. The summed E-state index contributed by atoms with van der Waals surface area (Å²) in [5, 5.41) is 13.0. The number of aliphatic hydroxyl groups is 1. The molecule has 1 aliphatic heterocycles. The van der Waals surface area contributed by atoms with Crippen molar-refractivity contribution in [3.05, 3.63) is 102 Å². The Morgan fingerprint density at radius 2 is 1.79 bits per heavy atom. The summed E-state index contributed by atoms with van der Waals surface area (Å²) in [5.74, 6) is -0.711. The zero-order valence-electron chi connectivity index (χ0n) is 18.1. The van der Waals surface area contributed by atoms with Gasteiger partial charge in [0.15, 0.2) is 0 Å². The molecule has 6 heteroatoms. The van der Waals surface area contributed by atoms with Crippen LogP contribution in [-0.2, 0) is 9.59 Å². The van der Waals surface area contributed by atoms with Crippen molar-refractivity contribution in [2.75, 3.05) is 12.0 Å². The molecular formula is C27H21NO5. The topological polar surface area (TPSA) is 80.0 Å². The molecule has 0 aliphatic carbocycles. The number of anilines is 1. The molecule has 164 valence electrons. The van der Waals surface area contributed by atoms with Gasteiger partial charge in [-0.3, -0.25) is 14.5 Å². The first-order valence-electron chi connectivity index (χ1n) is 10.5. The Morgan fingerprint density at radius 1 is 1.00 bits per heavy atom. The summed E-state index contributed by atoms with van der Waals surface area (Å²) in [6.45, 7) is 1.84. The third kappa shape index (κ3) is 3.27. The van der Waals surface area contributed by atoms with Crippen LogP contribution in [0.15, 0.2) is 89.0 Å². The molecule has 1 unspecified atom stereocenters. The van der Waals surface area contributed by atoms with E-state index < -0.39 is 17.7 Å². The molecule has 0 radical (unpaired) electrons. The van der Waals surface area contributed by atoms with Crippen molar-refractivity contribution in [1.29, 1.82) is 0 Å². The lowest BCUT2D eigenvalue weighted by atomic mass is 9.98. The maximum Gasteiger partial charge on any atom is 0.300 e. The largest absolute Gasteiger partial charge is 0.507 e. The van der Waals surface area contributed by atoms with E-state index in [1.54, 1.807) is 43.5 Å². The van der Waals surface area contributed by atoms with Crippen LogP contribution in [0.25, 0.3) is 16.5 Å². The van der Waals surface area contributed by atoms with Crippen LogP contribution in [0.5, 0.6) is 5.75 Å². The van der Waals surface area contributed by atoms with Gasteiger partial charge in [-0.25, -0.2) is 0 Å². The van der Waals surface area contributed by atoms with E-state index >= 15 is 0 Å². The number of ether oxygens (including phenoxy) is 1. The minimum Gasteiger partial charge on any atom is -0.507 e. The van der Waals surface area contributed by atoms with Crippen LogP contribution in [0, 0.1) is 6.92 Å². The number of carbonyl (C=O) groups is 2. The van der Waals surface area contributed by atoms with Crippen molar-refractivity contribution in [3.63, 3.8) is 0 Å². The first-order chi connectivity index (χ1) is 16.0. The number of Topliss-reactive ketones (excluding diaryl/α,β-unsaturated/α-hetero) is 1. The predicted molar refractivity (Wildman–Crippen MR) is 125 cm³/mol. The van der Waals surface area contributed by atoms with Crippen LogP contribution >= 0.6 is 0 Å². The highest BCUT2D eigenvalue weighted by atomic mass is 16.5. The van der Waals surface area contributed by atoms with Gasteiger partial charge in [0.25, 0.3) is 11.7 Å². The van der Waals surface area contributed by atoms with E-state index in [0.29, 0.717) is 22.8 Å². The molecule has 4 aromatic rings. The number of amides is 1.